The molecule has 0 spiro atoms. The summed E-state index contributed by atoms with van der Waals surface area (Å²) >= 11 is 0. The van der Waals surface area contributed by atoms with Crippen LogP contribution in [0.15, 0.2) is 46.9 Å². The van der Waals surface area contributed by atoms with Gasteiger partial charge in [0.2, 0.25) is 5.89 Å². The molecule has 3 rings (SSSR count). The van der Waals surface area contributed by atoms with E-state index in [1.54, 1.807) is 6.08 Å². The maximum atomic E-state index is 12.5. The smallest absolute Gasteiger partial charge is 0.416 e. The number of nitro benzene ring substituents is 1. The van der Waals surface area contributed by atoms with Crippen molar-refractivity contribution in [2.24, 2.45) is 0 Å². The normalized spacial score (nSPS) is 12.1. The highest BCUT2D eigenvalue weighted by molar-refractivity contribution is 5.78. The Kier molecular flexibility index (Phi) is 3.80. The van der Waals surface area contributed by atoms with Crippen LogP contribution in [0.25, 0.3) is 23.3 Å². The van der Waals surface area contributed by atoms with Crippen LogP contribution in [-0.4, -0.2) is 9.91 Å². The van der Waals surface area contributed by atoms with Gasteiger partial charge in [-0.15, -0.1) is 0 Å². The highest BCUT2D eigenvalue weighted by atomic mass is 19.4. The first-order chi connectivity index (χ1) is 11.3. The largest absolute Gasteiger partial charge is 0.437 e. The van der Waals surface area contributed by atoms with Crippen LogP contribution in [0.5, 0.6) is 0 Å². The number of hydrogen-bond acceptors (Lipinski definition) is 4. The van der Waals surface area contributed by atoms with Crippen LogP contribution in [0.3, 0.4) is 0 Å². The summed E-state index contributed by atoms with van der Waals surface area (Å²) in [5, 5.41) is 10.7. The van der Waals surface area contributed by atoms with Gasteiger partial charge in [0.05, 0.1) is 10.5 Å². The van der Waals surface area contributed by atoms with Crippen molar-refractivity contribution in [3.8, 4) is 0 Å². The molecule has 0 N–H and O–H groups in total. The maximum absolute atomic E-state index is 12.5. The van der Waals surface area contributed by atoms with Crippen molar-refractivity contribution in [3.63, 3.8) is 0 Å². The van der Waals surface area contributed by atoms with Crippen LogP contribution >= 0.6 is 0 Å². The zero-order chi connectivity index (χ0) is 17.3. The van der Waals surface area contributed by atoms with Gasteiger partial charge in [0.1, 0.15) is 5.52 Å². The summed E-state index contributed by atoms with van der Waals surface area (Å²) in [5.74, 6) is 0.199. The zero-order valence-corrected chi connectivity index (χ0v) is 11.9. The van der Waals surface area contributed by atoms with E-state index in [2.05, 4.69) is 4.98 Å². The number of nitrogens with zero attached hydrogens (tertiary/aromatic N) is 2. The van der Waals surface area contributed by atoms with Crippen molar-refractivity contribution in [3.05, 3.63) is 69.6 Å². The number of halogens is 3. The molecular weight excluding hydrogens is 325 g/mol. The van der Waals surface area contributed by atoms with Crippen molar-refractivity contribution in [2.45, 2.75) is 6.18 Å². The monoisotopic (exact) mass is 334 g/mol. The molecule has 0 aliphatic carbocycles. The molecule has 0 radical (unpaired) electrons. The lowest BCUT2D eigenvalue weighted by Crippen LogP contribution is -2.03. The predicted octanol–water partition coefficient (Wildman–Crippen LogP) is 4.93. The Morgan fingerprint density at radius 2 is 1.79 bits per heavy atom. The fourth-order valence-corrected chi connectivity index (χ4v) is 2.07. The van der Waals surface area contributed by atoms with E-state index in [1.807, 2.05) is 0 Å². The number of fused-ring (bicyclic) bond motifs is 1. The van der Waals surface area contributed by atoms with Crippen molar-refractivity contribution in [1.82, 2.24) is 4.98 Å². The van der Waals surface area contributed by atoms with Gasteiger partial charge in [0, 0.05) is 18.2 Å². The number of oxazole rings is 1. The average Bonchev–Trinajstić information content (AvgIpc) is 2.94. The first kappa shape index (κ1) is 15.7. The van der Waals surface area contributed by atoms with Gasteiger partial charge in [-0.05, 0) is 29.8 Å². The second-order valence-corrected chi connectivity index (χ2v) is 4.91. The third-order valence-electron chi connectivity index (χ3n) is 3.25. The Labute approximate surface area is 133 Å². The highest BCUT2D eigenvalue weighted by Gasteiger charge is 2.29. The van der Waals surface area contributed by atoms with E-state index in [0.717, 1.165) is 12.1 Å². The SMILES string of the molecule is O=[N+]([O-])c1ccc2oc(/C=C/c3ccc(C(F)(F)F)cc3)nc2c1. The van der Waals surface area contributed by atoms with Crippen LogP contribution in [-0.2, 0) is 6.18 Å². The van der Waals surface area contributed by atoms with Crippen molar-refractivity contribution in [1.29, 1.82) is 0 Å². The molecule has 1 heterocycles. The Balaban J connectivity index is 1.83. The van der Waals surface area contributed by atoms with Gasteiger partial charge in [0.25, 0.3) is 5.69 Å². The minimum Gasteiger partial charge on any atom is -0.437 e. The predicted molar refractivity (Wildman–Crippen MR) is 81.0 cm³/mol. The molecule has 122 valence electrons. The molecule has 0 aliphatic heterocycles. The first-order valence-corrected chi connectivity index (χ1v) is 6.73. The molecule has 0 aliphatic rings. The summed E-state index contributed by atoms with van der Waals surface area (Å²) in [6.45, 7) is 0. The summed E-state index contributed by atoms with van der Waals surface area (Å²) < 4.78 is 42.9. The summed E-state index contributed by atoms with van der Waals surface area (Å²) in [6.07, 6.45) is -1.36. The minimum absolute atomic E-state index is 0.103. The minimum atomic E-state index is -4.38. The van der Waals surface area contributed by atoms with E-state index in [9.17, 15) is 23.3 Å². The molecule has 0 amide bonds. The summed E-state index contributed by atoms with van der Waals surface area (Å²) in [4.78, 5) is 14.3. The van der Waals surface area contributed by atoms with Crippen molar-refractivity contribution in [2.75, 3.05) is 0 Å². The highest BCUT2D eigenvalue weighted by Crippen LogP contribution is 2.29. The Bertz CT molecular complexity index is 928. The van der Waals surface area contributed by atoms with Crippen LogP contribution < -0.4 is 0 Å². The van der Waals surface area contributed by atoms with Gasteiger partial charge in [-0.25, -0.2) is 4.98 Å². The van der Waals surface area contributed by atoms with Gasteiger partial charge in [-0.3, -0.25) is 10.1 Å². The van der Waals surface area contributed by atoms with Gasteiger partial charge in [0.15, 0.2) is 5.58 Å². The van der Waals surface area contributed by atoms with Gasteiger partial charge in [-0.1, -0.05) is 12.1 Å². The van der Waals surface area contributed by atoms with E-state index >= 15 is 0 Å². The fourth-order valence-electron chi connectivity index (χ4n) is 2.07. The molecule has 0 fully saturated rings. The topological polar surface area (TPSA) is 69.2 Å². The molecule has 0 unspecified atom stereocenters. The van der Waals surface area contributed by atoms with Gasteiger partial charge < -0.3 is 4.42 Å². The lowest BCUT2D eigenvalue weighted by molar-refractivity contribution is -0.384. The average molecular weight is 334 g/mol. The first-order valence-electron chi connectivity index (χ1n) is 6.73. The second-order valence-electron chi connectivity index (χ2n) is 4.91. The Morgan fingerprint density at radius 1 is 1.08 bits per heavy atom. The quantitative estimate of drug-likeness (QED) is 0.503. The summed E-state index contributed by atoms with van der Waals surface area (Å²) in [6, 6.07) is 8.64. The molecule has 8 heteroatoms. The molecular formula is C16H9F3N2O3. The number of alkyl halides is 3. The van der Waals surface area contributed by atoms with E-state index < -0.39 is 16.7 Å². The van der Waals surface area contributed by atoms with Crippen LogP contribution in [0.4, 0.5) is 18.9 Å². The van der Waals surface area contributed by atoms with Crippen molar-refractivity contribution < 1.29 is 22.5 Å². The standard InChI is InChI=1S/C16H9F3N2O3/c17-16(18,19)11-4-1-10(2-5-11)3-8-15-20-13-9-12(21(22)23)6-7-14(13)24-15/h1-9H/b8-3+. The second kappa shape index (κ2) is 5.80. The molecule has 0 saturated heterocycles. The number of hydrogen-bond donors (Lipinski definition) is 0. The van der Waals surface area contributed by atoms with Crippen LogP contribution in [0, 0.1) is 10.1 Å². The third kappa shape index (κ3) is 3.27. The molecule has 0 bridgehead atoms. The van der Waals surface area contributed by atoms with E-state index in [1.165, 1.54) is 36.4 Å². The van der Waals surface area contributed by atoms with Crippen molar-refractivity contribution >= 4 is 28.9 Å². The molecule has 0 saturated carbocycles. The number of nitro groups is 1. The lowest BCUT2D eigenvalue weighted by atomic mass is 10.1. The molecule has 3 aromatic rings. The maximum Gasteiger partial charge on any atom is 0.416 e. The molecule has 2 aromatic carbocycles. The Morgan fingerprint density at radius 3 is 2.42 bits per heavy atom. The van der Waals surface area contributed by atoms with Crippen LogP contribution in [0.1, 0.15) is 17.0 Å². The number of aromatic nitrogens is 1. The number of non-ortho nitro benzene ring substituents is 1. The lowest BCUT2D eigenvalue weighted by Gasteiger charge is -2.05. The fraction of sp³-hybridized carbons (Fsp3) is 0.0625. The van der Waals surface area contributed by atoms with Gasteiger partial charge in [-0.2, -0.15) is 13.2 Å². The Hall–Kier alpha value is -3.16. The van der Waals surface area contributed by atoms with Crippen LogP contribution in [0.2, 0.25) is 0 Å². The zero-order valence-electron chi connectivity index (χ0n) is 11.9. The van der Waals surface area contributed by atoms with E-state index in [-0.39, 0.29) is 11.6 Å². The molecule has 24 heavy (non-hydrogen) atoms. The summed E-state index contributed by atoms with van der Waals surface area (Å²) in [5.41, 5.74) is 0.420. The number of benzene rings is 2. The van der Waals surface area contributed by atoms with E-state index in [4.69, 9.17) is 4.42 Å². The molecule has 5 nitrogen and oxygen atoms in total. The molecule has 0 atom stereocenters. The number of rotatable bonds is 3. The summed E-state index contributed by atoms with van der Waals surface area (Å²) in [7, 11) is 0. The van der Waals surface area contributed by atoms with Gasteiger partial charge >= 0.3 is 6.18 Å². The third-order valence-corrected chi connectivity index (χ3v) is 3.25. The molecule has 1 aromatic heterocycles. The van der Waals surface area contributed by atoms with E-state index in [0.29, 0.717) is 16.7 Å².